The first-order valence-corrected chi connectivity index (χ1v) is 13.1. The fraction of sp³-hybridized carbons (Fsp3) is 0.667. The van der Waals surface area contributed by atoms with Crippen LogP contribution in [0.4, 0.5) is 0 Å². The minimum atomic E-state index is -1.71. The molecule has 41 heavy (non-hydrogen) atoms. The molecule has 5 amide bonds. The number of hydrogen-bond acceptors (Lipinski definition) is 10. The standard InChI is InChI=1S/C24H34BN6O9.K/c1-10(2)16(28-13(32)8-9-30-14(33)6-7-15(30)34)21(37)27-11(3)20-25-40-24(29-20)23(38)31(24)17-12(4)39-22(26-5)19(36)18(17)35;/h6-7,10-12,16-19,22,26,35-36H,8-9H2,1-5H3,(H,27,37)(H,28,32);/q-1;+1. The van der Waals surface area contributed by atoms with Crippen molar-refractivity contribution in [1.29, 1.82) is 0 Å². The van der Waals surface area contributed by atoms with Crippen LogP contribution in [0.5, 0.6) is 0 Å². The van der Waals surface area contributed by atoms with Gasteiger partial charge in [-0.15, -0.1) is 0 Å². The van der Waals surface area contributed by atoms with Crippen LogP contribution in [0, 0.1) is 5.92 Å². The molecule has 4 aliphatic heterocycles. The number of aliphatic hydroxyl groups excluding tert-OH is 2. The van der Waals surface area contributed by atoms with E-state index in [9.17, 15) is 34.2 Å². The number of nitrogens with zero attached hydrogens (tertiary/aromatic N) is 3. The summed E-state index contributed by atoms with van der Waals surface area (Å²) < 4.78 is 11.3. The van der Waals surface area contributed by atoms with E-state index in [0.717, 1.165) is 17.1 Å². The summed E-state index contributed by atoms with van der Waals surface area (Å²) in [7, 11) is 2.82. The molecule has 4 aliphatic rings. The van der Waals surface area contributed by atoms with Gasteiger partial charge in [0.25, 0.3) is 0 Å². The van der Waals surface area contributed by atoms with Gasteiger partial charge < -0.3 is 0 Å². The Hall–Kier alpha value is -1.70. The summed E-state index contributed by atoms with van der Waals surface area (Å²) in [5.41, 5.74) is 0.254. The average Bonchev–Trinajstić information content (AvgIpc) is 3.19. The molecule has 15 nitrogen and oxygen atoms in total. The molecule has 4 rings (SSSR count). The van der Waals surface area contributed by atoms with Crippen molar-refractivity contribution in [2.75, 3.05) is 13.6 Å². The van der Waals surface area contributed by atoms with Crippen LogP contribution in [-0.4, -0.2) is 124 Å². The maximum Gasteiger partial charge on any atom is 1.00 e. The molecule has 1 spiro atoms. The number of aliphatic hydroxyl groups is 2. The van der Waals surface area contributed by atoms with Gasteiger partial charge in [0.05, 0.1) is 0 Å². The summed E-state index contributed by atoms with van der Waals surface area (Å²) in [6.45, 7) is 6.67. The second-order valence-corrected chi connectivity index (χ2v) is 10.5. The number of carbonyl (C=O) groups is 5. The molecule has 0 bridgehead atoms. The normalized spacial score (nSPS) is 31.7. The summed E-state index contributed by atoms with van der Waals surface area (Å²) in [5.74, 6) is -4.54. The molecule has 0 aliphatic carbocycles. The topological polar surface area (TPSA) is 201 Å². The predicted molar refractivity (Wildman–Crippen MR) is 139 cm³/mol. The molecular weight excluding hydrogens is 566 g/mol. The van der Waals surface area contributed by atoms with E-state index >= 15 is 0 Å². The van der Waals surface area contributed by atoms with E-state index in [1.54, 1.807) is 34.7 Å². The van der Waals surface area contributed by atoms with E-state index in [2.05, 4.69) is 21.3 Å². The molecule has 5 N–H and O–H groups in total. The maximum absolute atomic E-state index is 13.1. The van der Waals surface area contributed by atoms with E-state index < -0.39 is 78.1 Å². The van der Waals surface area contributed by atoms with Crippen LogP contribution in [0.1, 0.15) is 34.1 Å². The Morgan fingerprint density at radius 1 is 1.12 bits per heavy atom. The molecule has 8 atom stereocenters. The number of nitrogens with one attached hydrogen (secondary N) is 3. The van der Waals surface area contributed by atoms with E-state index in [0.29, 0.717) is 0 Å². The van der Waals surface area contributed by atoms with Crippen molar-refractivity contribution >= 4 is 42.2 Å². The molecule has 4 heterocycles. The third-order valence-electron chi connectivity index (χ3n) is 7.36. The van der Waals surface area contributed by atoms with Gasteiger partial charge in [-0.3, -0.25) is 0 Å². The number of amides is 5. The van der Waals surface area contributed by atoms with Crippen LogP contribution in [0.2, 0.25) is 0 Å². The fourth-order valence-electron chi connectivity index (χ4n) is 5.01. The van der Waals surface area contributed by atoms with Crippen LogP contribution in [0.25, 0.3) is 5.32 Å². The first-order chi connectivity index (χ1) is 18.8. The summed E-state index contributed by atoms with van der Waals surface area (Å²) >= 11 is 0. The van der Waals surface area contributed by atoms with Crippen molar-refractivity contribution in [3.63, 3.8) is 0 Å². The van der Waals surface area contributed by atoms with Crippen molar-refractivity contribution < 1.29 is 95.0 Å². The number of rotatable bonds is 10. The zero-order chi connectivity index (χ0) is 29.5. The Balaban J connectivity index is 0.00000462. The molecular formula is C24H34BKN6O9. The van der Waals surface area contributed by atoms with Crippen molar-refractivity contribution in [1.82, 2.24) is 25.8 Å². The Morgan fingerprint density at radius 2 is 1.76 bits per heavy atom. The zero-order valence-electron chi connectivity index (χ0n) is 23.9. The van der Waals surface area contributed by atoms with E-state index in [1.165, 1.54) is 12.0 Å². The molecule has 0 aromatic carbocycles. The molecule has 17 heteroatoms. The van der Waals surface area contributed by atoms with Crippen LogP contribution < -0.4 is 67.3 Å². The van der Waals surface area contributed by atoms with Gasteiger partial charge in [-0.1, -0.05) is 0 Å². The number of carbonyl (C=O) groups excluding carboxylic acids is 5. The quantitative estimate of drug-likeness (QED) is 0.0913. The Kier molecular flexibility index (Phi) is 11.0. The average molecular weight is 600 g/mol. The van der Waals surface area contributed by atoms with Gasteiger partial charge in [0.1, 0.15) is 0 Å². The van der Waals surface area contributed by atoms with Crippen LogP contribution in [-0.2, 0) is 33.4 Å². The summed E-state index contributed by atoms with van der Waals surface area (Å²) in [4.78, 5) is 63.9. The summed E-state index contributed by atoms with van der Waals surface area (Å²) in [6, 6.07) is -2.56. The van der Waals surface area contributed by atoms with Crippen LogP contribution in [0.3, 0.4) is 0 Å². The molecule has 0 saturated carbocycles. The first kappa shape index (κ1) is 33.8. The Bertz CT molecular complexity index is 1140. The van der Waals surface area contributed by atoms with Gasteiger partial charge >= 0.3 is 283 Å². The van der Waals surface area contributed by atoms with Gasteiger partial charge in [0.15, 0.2) is 0 Å². The number of likely N-dealkylation sites (N-methyl/N-ethyl adjacent to an activating group) is 1. The van der Waals surface area contributed by atoms with Gasteiger partial charge in [-0.05, 0) is 0 Å². The van der Waals surface area contributed by atoms with E-state index in [4.69, 9.17) is 9.39 Å². The van der Waals surface area contributed by atoms with Crippen LogP contribution >= 0.6 is 0 Å². The molecule has 0 aromatic heterocycles. The third kappa shape index (κ3) is 6.62. The monoisotopic (exact) mass is 600 g/mol. The Morgan fingerprint density at radius 3 is 2.34 bits per heavy atom. The molecule has 0 aromatic rings. The van der Waals surface area contributed by atoms with Gasteiger partial charge in [-0.25, -0.2) is 0 Å². The minimum Gasteiger partial charge on any atom is 1.00 e. The Labute approximate surface area is 280 Å². The molecule has 2 saturated heterocycles. The minimum absolute atomic E-state index is 0. The van der Waals surface area contributed by atoms with Crippen molar-refractivity contribution in [3.8, 4) is 0 Å². The van der Waals surface area contributed by atoms with Gasteiger partial charge in [-0.2, -0.15) is 0 Å². The number of ether oxygens (including phenoxy) is 1. The predicted octanol–water partition coefficient (Wildman–Crippen LogP) is -6.35. The van der Waals surface area contributed by atoms with E-state index in [1.807, 2.05) is 0 Å². The van der Waals surface area contributed by atoms with Gasteiger partial charge in [0, 0.05) is 0 Å². The molecule has 2 fully saturated rings. The molecule has 8 unspecified atom stereocenters. The molecule has 218 valence electrons. The molecule has 0 radical (unpaired) electrons. The number of hydrogen-bond donors (Lipinski definition) is 5. The smallest absolute Gasteiger partial charge is 1.00 e. The first-order valence-electron chi connectivity index (χ1n) is 13.1. The van der Waals surface area contributed by atoms with Crippen molar-refractivity contribution in [3.05, 3.63) is 17.5 Å². The summed E-state index contributed by atoms with van der Waals surface area (Å²) in [6.07, 6.45) is -1.98. The SMILES string of the molecule is CNC1OC(C)C(N2C(=O)C23[N-]C(C(C)NC(=O)C(NC(=O)CCN2C(=O)C=CC2=O)C(C)C)=BO3)C(O)C1O.[K+]. The third-order valence-corrected chi connectivity index (χ3v) is 7.36. The maximum atomic E-state index is 13.1. The largest absolute Gasteiger partial charge is 1.00 e. The second-order valence-electron chi connectivity index (χ2n) is 10.5. The fourth-order valence-corrected chi connectivity index (χ4v) is 5.01. The van der Waals surface area contributed by atoms with Crippen LogP contribution in [0.15, 0.2) is 12.2 Å². The zero-order valence-corrected chi connectivity index (χ0v) is 27.0. The van der Waals surface area contributed by atoms with Crippen molar-refractivity contribution in [2.45, 2.75) is 82.6 Å². The number of imide groups is 1. The van der Waals surface area contributed by atoms with Gasteiger partial charge in [0.2, 0.25) is 0 Å². The second kappa shape index (κ2) is 13.3. The van der Waals surface area contributed by atoms with Crippen molar-refractivity contribution in [2.24, 2.45) is 5.92 Å². The summed E-state index contributed by atoms with van der Waals surface area (Å²) in [5, 5.41) is 33.6. The van der Waals surface area contributed by atoms with E-state index in [-0.39, 0.29) is 75.9 Å².